The molecule has 0 aromatic carbocycles. The molecule has 1 N–H and O–H groups in total. The second-order valence-corrected chi connectivity index (χ2v) is 4.67. The number of nitro groups is 1. The Kier molecular flexibility index (Phi) is 6.58. The summed E-state index contributed by atoms with van der Waals surface area (Å²) < 4.78 is 0. The molecule has 0 aliphatic heterocycles. The number of carbonyl (C=O) groups is 1. The number of carbonyl (C=O) groups excluding carboxylic acids is 1. The van der Waals surface area contributed by atoms with Crippen LogP contribution < -0.4 is 5.32 Å². The molecule has 1 aromatic rings. The number of hydrogen-bond donors (Lipinski definition) is 1. The smallest absolute Gasteiger partial charge is 0.288 e. The first kappa shape index (κ1) is 16.9. The van der Waals surface area contributed by atoms with Gasteiger partial charge in [-0.2, -0.15) is 0 Å². The van der Waals surface area contributed by atoms with E-state index in [1.807, 2.05) is 20.8 Å². The SMILES string of the molecule is CCCN(CCC)C(=O)c1cc([N+](=O)[O-])cnc1NCC. The van der Waals surface area contributed by atoms with Crippen LogP contribution in [0, 0.1) is 10.1 Å². The summed E-state index contributed by atoms with van der Waals surface area (Å²) in [4.78, 5) is 28.7. The van der Waals surface area contributed by atoms with E-state index < -0.39 is 4.92 Å². The van der Waals surface area contributed by atoms with Crippen molar-refractivity contribution in [3.05, 3.63) is 27.9 Å². The molecule has 7 nitrogen and oxygen atoms in total. The number of nitrogens with one attached hydrogen (secondary N) is 1. The van der Waals surface area contributed by atoms with Crippen molar-refractivity contribution in [2.75, 3.05) is 25.0 Å². The lowest BCUT2D eigenvalue weighted by Crippen LogP contribution is -2.33. The highest BCUT2D eigenvalue weighted by atomic mass is 16.6. The minimum atomic E-state index is -0.538. The Labute approximate surface area is 124 Å². The van der Waals surface area contributed by atoms with Gasteiger partial charge in [0.25, 0.3) is 11.6 Å². The van der Waals surface area contributed by atoms with E-state index in [-0.39, 0.29) is 17.2 Å². The van der Waals surface area contributed by atoms with Gasteiger partial charge in [-0.15, -0.1) is 0 Å². The zero-order valence-corrected chi connectivity index (χ0v) is 12.8. The van der Waals surface area contributed by atoms with Crippen molar-refractivity contribution in [3.63, 3.8) is 0 Å². The molecule has 0 fully saturated rings. The van der Waals surface area contributed by atoms with Crippen LogP contribution in [0.4, 0.5) is 11.5 Å². The maximum absolute atomic E-state index is 12.6. The first-order chi connectivity index (χ1) is 10.0. The van der Waals surface area contributed by atoms with Gasteiger partial charge in [0.05, 0.1) is 10.5 Å². The lowest BCUT2D eigenvalue weighted by molar-refractivity contribution is -0.385. The van der Waals surface area contributed by atoms with Gasteiger partial charge in [0.2, 0.25) is 0 Å². The average Bonchev–Trinajstić information content (AvgIpc) is 2.47. The van der Waals surface area contributed by atoms with Crippen molar-refractivity contribution < 1.29 is 9.72 Å². The molecule has 1 aromatic heterocycles. The molecule has 21 heavy (non-hydrogen) atoms. The highest BCUT2D eigenvalue weighted by molar-refractivity contribution is 5.99. The standard InChI is InChI=1S/C14H22N4O3/c1-4-7-17(8-5-2)14(19)12-9-11(18(20)21)10-16-13(12)15-6-3/h9-10H,4-8H2,1-3H3,(H,15,16). The third-order valence-corrected chi connectivity index (χ3v) is 2.93. The van der Waals surface area contributed by atoms with Gasteiger partial charge < -0.3 is 10.2 Å². The van der Waals surface area contributed by atoms with Gasteiger partial charge in [0, 0.05) is 25.7 Å². The molecule has 0 saturated carbocycles. The fourth-order valence-electron chi connectivity index (χ4n) is 2.05. The molecular weight excluding hydrogens is 272 g/mol. The Morgan fingerprint density at radius 2 is 1.95 bits per heavy atom. The first-order valence-electron chi connectivity index (χ1n) is 7.22. The maximum atomic E-state index is 12.6. The van der Waals surface area contributed by atoms with Crippen LogP contribution in [-0.2, 0) is 0 Å². The molecule has 7 heteroatoms. The van der Waals surface area contributed by atoms with Gasteiger partial charge >= 0.3 is 0 Å². The molecule has 0 atom stereocenters. The van der Waals surface area contributed by atoms with Crippen molar-refractivity contribution in [2.24, 2.45) is 0 Å². The third kappa shape index (κ3) is 4.40. The predicted molar refractivity (Wildman–Crippen MR) is 81.5 cm³/mol. The van der Waals surface area contributed by atoms with Crippen LogP contribution in [0.1, 0.15) is 44.0 Å². The zero-order valence-electron chi connectivity index (χ0n) is 12.8. The summed E-state index contributed by atoms with van der Waals surface area (Å²) in [6.07, 6.45) is 2.84. The summed E-state index contributed by atoms with van der Waals surface area (Å²) in [6.45, 7) is 7.71. The van der Waals surface area contributed by atoms with E-state index in [0.29, 0.717) is 25.5 Å². The molecular formula is C14H22N4O3. The summed E-state index contributed by atoms with van der Waals surface area (Å²) in [5.74, 6) is 0.177. The first-order valence-corrected chi connectivity index (χ1v) is 7.22. The number of nitrogens with zero attached hydrogens (tertiary/aromatic N) is 3. The average molecular weight is 294 g/mol. The van der Waals surface area contributed by atoms with Gasteiger partial charge in [-0.05, 0) is 19.8 Å². The van der Waals surface area contributed by atoms with Crippen molar-refractivity contribution >= 4 is 17.4 Å². The Morgan fingerprint density at radius 3 is 2.43 bits per heavy atom. The second-order valence-electron chi connectivity index (χ2n) is 4.67. The van der Waals surface area contributed by atoms with E-state index in [0.717, 1.165) is 12.8 Å². The van der Waals surface area contributed by atoms with Crippen LogP contribution in [0.2, 0.25) is 0 Å². The number of aromatic nitrogens is 1. The minimum absolute atomic E-state index is 0.173. The highest BCUT2D eigenvalue weighted by Crippen LogP contribution is 2.21. The largest absolute Gasteiger partial charge is 0.370 e. The zero-order chi connectivity index (χ0) is 15.8. The monoisotopic (exact) mass is 294 g/mol. The molecule has 0 saturated heterocycles. The fourth-order valence-corrected chi connectivity index (χ4v) is 2.05. The Morgan fingerprint density at radius 1 is 1.33 bits per heavy atom. The topological polar surface area (TPSA) is 88.4 Å². The Balaban J connectivity index is 3.18. The fraction of sp³-hybridized carbons (Fsp3) is 0.571. The lowest BCUT2D eigenvalue weighted by atomic mass is 10.2. The number of amides is 1. The molecule has 0 spiro atoms. The summed E-state index contributed by atoms with van der Waals surface area (Å²) in [7, 11) is 0. The molecule has 1 amide bonds. The number of rotatable bonds is 8. The van der Waals surface area contributed by atoms with E-state index in [1.165, 1.54) is 12.3 Å². The van der Waals surface area contributed by atoms with Crippen LogP contribution in [0.25, 0.3) is 0 Å². The minimum Gasteiger partial charge on any atom is -0.370 e. The van der Waals surface area contributed by atoms with Crippen LogP contribution in [0.15, 0.2) is 12.3 Å². The van der Waals surface area contributed by atoms with Gasteiger partial charge in [-0.1, -0.05) is 13.8 Å². The van der Waals surface area contributed by atoms with Crippen LogP contribution >= 0.6 is 0 Å². The maximum Gasteiger partial charge on any atom is 0.288 e. The van der Waals surface area contributed by atoms with E-state index >= 15 is 0 Å². The number of anilines is 1. The summed E-state index contributed by atoms with van der Waals surface area (Å²) in [5, 5.41) is 13.9. The molecule has 0 unspecified atom stereocenters. The molecule has 0 radical (unpaired) electrons. The van der Waals surface area contributed by atoms with Gasteiger partial charge in [0.1, 0.15) is 12.0 Å². The Bertz CT molecular complexity index is 499. The normalized spacial score (nSPS) is 10.2. The summed E-state index contributed by atoms with van der Waals surface area (Å²) >= 11 is 0. The highest BCUT2D eigenvalue weighted by Gasteiger charge is 2.22. The predicted octanol–water partition coefficient (Wildman–Crippen LogP) is 2.68. The third-order valence-electron chi connectivity index (χ3n) is 2.93. The van der Waals surface area contributed by atoms with Crippen molar-refractivity contribution in [3.8, 4) is 0 Å². The van der Waals surface area contributed by atoms with Gasteiger partial charge in [-0.3, -0.25) is 14.9 Å². The van der Waals surface area contributed by atoms with E-state index in [1.54, 1.807) is 4.90 Å². The molecule has 1 heterocycles. The van der Waals surface area contributed by atoms with Crippen LogP contribution in [0.5, 0.6) is 0 Å². The lowest BCUT2D eigenvalue weighted by Gasteiger charge is -2.22. The van der Waals surface area contributed by atoms with Gasteiger partial charge in [0.15, 0.2) is 0 Å². The van der Waals surface area contributed by atoms with Crippen molar-refractivity contribution in [1.29, 1.82) is 0 Å². The second kappa shape index (κ2) is 8.18. The van der Waals surface area contributed by atoms with Crippen molar-refractivity contribution in [1.82, 2.24) is 9.88 Å². The van der Waals surface area contributed by atoms with Crippen LogP contribution in [0.3, 0.4) is 0 Å². The number of hydrogen-bond acceptors (Lipinski definition) is 5. The van der Waals surface area contributed by atoms with Crippen LogP contribution in [-0.4, -0.2) is 40.3 Å². The molecule has 0 aliphatic rings. The van der Waals surface area contributed by atoms with Crippen molar-refractivity contribution in [2.45, 2.75) is 33.6 Å². The summed E-state index contributed by atoms with van der Waals surface area (Å²) in [6, 6.07) is 1.30. The molecule has 116 valence electrons. The van der Waals surface area contributed by atoms with Gasteiger partial charge in [-0.25, -0.2) is 4.98 Å². The van der Waals surface area contributed by atoms with E-state index in [2.05, 4.69) is 10.3 Å². The molecule has 0 aliphatic carbocycles. The molecule has 1 rings (SSSR count). The number of pyridine rings is 1. The van der Waals surface area contributed by atoms with E-state index in [4.69, 9.17) is 0 Å². The summed E-state index contributed by atoms with van der Waals surface area (Å²) in [5.41, 5.74) is 0.0842. The van der Waals surface area contributed by atoms with E-state index in [9.17, 15) is 14.9 Å². The Hall–Kier alpha value is -2.18. The molecule has 0 bridgehead atoms. The quantitative estimate of drug-likeness (QED) is 0.588.